The number of aromatic nitrogens is 2. The summed E-state index contributed by atoms with van der Waals surface area (Å²) >= 11 is 0. The molecule has 0 aliphatic rings. The number of rotatable bonds is 6. The Labute approximate surface area is 120 Å². The Hall–Kier alpha value is -2.70. The quantitative estimate of drug-likeness (QED) is 0.627. The van der Waals surface area contributed by atoms with Crippen LogP contribution in [0.5, 0.6) is 0 Å². The van der Waals surface area contributed by atoms with E-state index in [4.69, 9.17) is 5.11 Å². The lowest BCUT2D eigenvalue weighted by Crippen LogP contribution is -2.10. The first kappa shape index (κ1) is 14.7. The van der Waals surface area contributed by atoms with Crippen molar-refractivity contribution in [3.63, 3.8) is 0 Å². The van der Waals surface area contributed by atoms with Crippen molar-refractivity contribution >= 4 is 11.7 Å². The first-order valence-electron chi connectivity index (χ1n) is 6.44. The van der Waals surface area contributed by atoms with E-state index in [0.29, 0.717) is 5.69 Å². The highest BCUT2D eigenvalue weighted by molar-refractivity contribution is 5.68. The van der Waals surface area contributed by atoms with E-state index in [2.05, 4.69) is 10.2 Å². The Balaban J connectivity index is 2.32. The summed E-state index contributed by atoms with van der Waals surface area (Å²) in [6.07, 6.45) is 0.101. The lowest BCUT2D eigenvalue weighted by molar-refractivity contribution is -0.386. The summed E-state index contributed by atoms with van der Waals surface area (Å²) in [6.45, 7) is 1.57. The topological polar surface area (TPSA) is 109 Å². The summed E-state index contributed by atoms with van der Waals surface area (Å²) in [5, 5.41) is 26.7. The molecule has 1 atom stereocenters. The number of hydrogen-bond donors (Lipinski definition) is 2. The van der Waals surface area contributed by atoms with Crippen LogP contribution in [0.3, 0.4) is 0 Å². The minimum Gasteiger partial charge on any atom is -0.481 e. The number of aliphatic carboxylic acids is 1. The number of benzene rings is 1. The Morgan fingerprint density at radius 2 is 2.10 bits per heavy atom. The summed E-state index contributed by atoms with van der Waals surface area (Å²) in [5.41, 5.74) is 1.42. The normalized spacial score (nSPS) is 12.0. The molecular formula is C14H15N3O4. The van der Waals surface area contributed by atoms with Gasteiger partial charge in [-0.2, -0.15) is 5.10 Å². The molecule has 21 heavy (non-hydrogen) atoms. The molecule has 2 rings (SSSR count). The maximum Gasteiger partial charge on any atom is 0.312 e. The number of aryl methyl sites for hydroxylation is 1. The highest BCUT2D eigenvalue weighted by Gasteiger charge is 2.26. The lowest BCUT2D eigenvalue weighted by Gasteiger charge is -2.13. The molecule has 0 spiro atoms. The molecule has 1 aromatic carbocycles. The van der Waals surface area contributed by atoms with Gasteiger partial charge in [0.25, 0.3) is 0 Å². The molecule has 1 unspecified atom stereocenters. The summed E-state index contributed by atoms with van der Waals surface area (Å²) in [6, 6.07) is 9.10. The molecular weight excluding hydrogens is 274 g/mol. The second kappa shape index (κ2) is 6.17. The minimum atomic E-state index is -0.946. The van der Waals surface area contributed by atoms with Gasteiger partial charge in [0, 0.05) is 12.3 Å². The zero-order valence-corrected chi connectivity index (χ0v) is 11.4. The van der Waals surface area contributed by atoms with Gasteiger partial charge in [-0.1, -0.05) is 30.3 Å². The molecule has 7 nitrogen and oxygen atoms in total. The van der Waals surface area contributed by atoms with Crippen LogP contribution in [0.2, 0.25) is 0 Å². The third kappa shape index (κ3) is 3.44. The van der Waals surface area contributed by atoms with Crippen molar-refractivity contribution in [3.05, 3.63) is 57.4 Å². The summed E-state index contributed by atoms with van der Waals surface area (Å²) in [4.78, 5) is 21.6. The molecule has 110 valence electrons. The minimum absolute atomic E-state index is 0.0682. The molecule has 2 N–H and O–H groups in total. The second-order valence-corrected chi connectivity index (χ2v) is 4.81. The van der Waals surface area contributed by atoms with E-state index in [0.717, 1.165) is 5.56 Å². The van der Waals surface area contributed by atoms with Crippen molar-refractivity contribution in [2.24, 2.45) is 0 Å². The summed E-state index contributed by atoms with van der Waals surface area (Å²) in [7, 11) is 0. The van der Waals surface area contributed by atoms with E-state index in [1.54, 1.807) is 6.92 Å². The highest BCUT2D eigenvalue weighted by Crippen LogP contribution is 2.29. The number of carboxylic acids is 1. The number of nitrogens with one attached hydrogen (secondary N) is 1. The predicted molar refractivity (Wildman–Crippen MR) is 75.1 cm³/mol. The zero-order chi connectivity index (χ0) is 15.4. The van der Waals surface area contributed by atoms with Gasteiger partial charge in [0.1, 0.15) is 11.4 Å². The van der Waals surface area contributed by atoms with Gasteiger partial charge in [0.2, 0.25) is 0 Å². The summed E-state index contributed by atoms with van der Waals surface area (Å²) < 4.78 is 0. The first-order chi connectivity index (χ1) is 9.99. The van der Waals surface area contributed by atoms with E-state index in [9.17, 15) is 14.9 Å². The van der Waals surface area contributed by atoms with Gasteiger partial charge < -0.3 is 5.11 Å². The first-order valence-corrected chi connectivity index (χ1v) is 6.44. The van der Waals surface area contributed by atoms with Crippen molar-refractivity contribution in [2.75, 3.05) is 0 Å². The van der Waals surface area contributed by atoms with Crippen LogP contribution in [0, 0.1) is 17.0 Å². The van der Waals surface area contributed by atoms with Gasteiger partial charge >= 0.3 is 11.7 Å². The van der Waals surface area contributed by atoms with Gasteiger partial charge in [-0.05, 0) is 12.5 Å². The maximum absolute atomic E-state index is 11.1. The van der Waals surface area contributed by atoms with E-state index in [1.165, 1.54) is 0 Å². The average Bonchev–Trinajstić information content (AvgIpc) is 2.79. The number of carboxylic acid groups (broad SMARTS) is 1. The van der Waals surface area contributed by atoms with Gasteiger partial charge in [-0.25, -0.2) is 0 Å². The van der Waals surface area contributed by atoms with Crippen LogP contribution in [-0.4, -0.2) is 26.2 Å². The van der Waals surface area contributed by atoms with E-state index in [1.807, 2.05) is 30.3 Å². The van der Waals surface area contributed by atoms with Gasteiger partial charge in [-0.15, -0.1) is 0 Å². The molecule has 0 amide bonds. The van der Waals surface area contributed by atoms with Crippen molar-refractivity contribution in [2.45, 2.75) is 25.7 Å². The highest BCUT2D eigenvalue weighted by atomic mass is 16.6. The SMILES string of the molecule is Cc1[nH]nc(CC(CC(=O)O)c2ccccc2)c1[N+](=O)[O-]. The fraction of sp³-hybridized carbons (Fsp3) is 0.286. The third-order valence-electron chi connectivity index (χ3n) is 3.30. The molecule has 0 radical (unpaired) electrons. The molecule has 0 saturated heterocycles. The third-order valence-corrected chi connectivity index (χ3v) is 3.30. The molecule has 1 heterocycles. The Morgan fingerprint density at radius 3 is 2.67 bits per heavy atom. The molecule has 0 saturated carbocycles. The van der Waals surface area contributed by atoms with Gasteiger partial charge in [0.15, 0.2) is 0 Å². The number of aromatic amines is 1. The monoisotopic (exact) mass is 289 g/mol. The molecule has 0 bridgehead atoms. The van der Waals surface area contributed by atoms with Crippen molar-refractivity contribution in [3.8, 4) is 0 Å². The molecule has 2 aromatic rings. The number of nitrogens with zero attached hydrogens (tertiary/aromatic N) is 2. The van der Waals surface area contributed by atoms with Crippen LogP contribution in [0.4, 0.5) is 5.69 Å². The Kier molecular flexibility index (Phi) is 4.32. The standard InChI is InChI=1S/C14H15N3O4/c1-9-14(17(20)21)12(16-15-9)7-11(8-13(18)19)10-5-3-2-4-6-10/h2-6,11H,7-8H2,1H3,(H,15,16)(H,18,19). The Bertz CT molecular complexity index is 651. The predicted octanol–water partition coefficient (Wildman–Crippen LogP) is 2.43. The molecule has 0 fully saturated rings. The molecule has 0 aliphatic carbocycles. The van der Waals surface area contributed by atoms with Crippen LogP contribution in [-0.2, 0) is 11.2 Å². The number of carbonyl (C=O) groups is 1. The Morgan fingerprint density at radius 1 is 1.43 bits per heavy atom. The molecule has 0 aliphatic heterocycles. The van der Waals surface area contributed by atoms with Gasteiger partial charge in [-0.3, -0.25) is 20.0 Å². The maximum atomic E-state index is 11.1. The van der Waals surface area contributed by atoms with Crippen molar-refractivity contribution in [1.29, 1.82) is 0 Å². The average molecular weight is 289 g/mol. The smallest absolute Gasteiger partial charge is 0.312 e. The lowest BCUT2D eigenvalue weighted by atomic mass is 9.91. The zero-order valence-electron chi connectivity index (χ0n) is 11.4. The van der Waals surface area contributed by atoms with E-state index >= 15 is 0 Å². The van der Waals surface area contributed by atoms with Crippen LogP contribution < -0.4 is 0 Å². The van der Waals surface area contributed by atoms with Crippen LogP contribution in [0.25, 0.3) is 0 Å². The molecule has 1 aromatic heterocycles. The van der Waals surface area contributed by atoms with Crippen molar-refractivity contribution in [1.82, 2.24) is 10.2 Å². The second-order valence-electron chi connectivity index (χ2n) is 4.81. The van der Waals surface area contributed by atoms with Crippen LogP contribution in [0.15, 0.2) is 30.3 Å². The van der Waals surface area contributed by atoms with Crippen LogP contribution in [0.1, 0.15) is 29.3 Å². The molecule has 7 heteroatoms. The van der Waals surface area contributed by atoms with E-state index < -0.39 is 10.9 Å². The largest absolute Gasteiger partial charge is 0.481 e. The summed E-state index contributed by atoms with van der Waals surface area (Å²) in [5.74, 6) is -1.30. The number of H-pyrrole nitrogens is 1. The van der Waals surface area contributed by atoms with Gasteiger partial charge in [0.05, 0.1) is 11.3 Å². The number of nitro groups is 1. The van der Waals surface area contributed by atoms with Crippen LogP contribution >= 0.6 is 0 Å². The number of hydrogen-bond acceptors (Lipinski definition) is 4. The van der Waals surface area contributed by atoms with E-state index in [-0.39, 0.29) is 30.1 Å². The fourth-order valence-electron chi connectivity index (χ4n) is 2.34. The fourth-order valence-corrected chi connectivity index (χ4v) is 2.34. The van der Waals surface area contributed by atoms with Crippen molar-refractivity contribution < 1.29 is 14.8 Å².